The Labute approximate surface area is 126 Å². The average molecular weight is 291 g/mol. The van der Waals surface area contributed by atoms with Gasteiger partial charge in [-0.3, -0.25) is 9.59 Å². The number of hydrogen-bond donors (Lipinski definition) is 1. The molecule has 1 N–H and O–H groups in total. The molecule has 1 unspecified atom stereocenters. The first-order valence-electron chi connectivity index (χ1n) is 7.64. The summed E-state index contributed by atoms with van der Waals surface area (Å²) in [6.07, 6.45) is 1.86. The van der Waals surface area contributed by atoms with E-state index in [2.05, 4.69) is 33.0 Å². The van der Waals surface area contributed by atoms with Gasteiger partial charge in [0.15, 0.2) is 0 Å². The summed E-state index contributed by atoms with van der Waals surface area (Å²) in [7, 11) is 0. The zero-order chi connectivity index (χ0) is 15.6. The molecule has 2 heterocycles. The summed E-state index contributed by atoms with van der Waals surface area (Å²) < 4.78 is 1.87. The summed E-state index contributed by atoms with van der Waals surface area (Å²) in [5, 5.41) is 2.95. The van der Waals surface area contributed by atoms with Crippen LogP contribution in [0.15, 0.2) is 18.3 Å². The fourth-order valence-corrected chi connectivity index (χ4v) is 2.59. The zero-order valence-electron chi connectivity index (χ0n) is 13.3. The predicted molar refractivity (Wildman–Crippen MR) is 81.9 cm³/mol. The van der Waals surface area contributed by atoms with Gasteiger partial charge >= 0.3 is 0 Å². The van der Waals surface area contributed by atoms with Gasteiger partial charge in [0.25, 0.3) is 5.91 Å². The Kier molecular flexibility index (Phi) is 4.70. The Bertz CT molecular complexity index is 519. The number of amides is 2. The van der Waals surface area contributed by atoms with E-state index in [1.807, 2.05) is 22.9 Å². The average Bonchev–Trinajstić information content (AvgIpc) is 2.87. The van der Waals surface area contributed by atoms with E-state index in [1.54, 1.807) is 4.90 Å². The van der Waals surface area contributed by atoms with E-state index < -0.39 is 6.04 Å². The molecule has 116 valence electrons. The van der Waals surface area contributed by atoms with E-state index in [4.69, 9.17) is 0 Å². The third kappa shape index (κ3) is 3.46. The second-order valence-electron chi connectivity index (χ2n) is 6.55. The van der Waals surface area contributed by atoms with Gasteiger partial charge in [-0.15, -0.1) is 0 Å². The molecule has 0 radical (unpaired) electrons. The van der Waals surface area contributed by atoms with Crippen LogP contribution in [-0.2, 0) is 11.3 Å². The molecule has 0 spiro atoms. The van der Waals surface area contributed by atoms with Gasteiger partial charge < -0.3 is 14.8 Å². The van der Waals surface area contributed by atoms with E-state index in [1.165, 1.54) is 0 Å². The third-order valence-corrected chi connectivity index (χ3v) is 3.60. The maximum absolute atomic E-state index is 12.6. The molecule has 1 atom stereocenters. The van der Waals surface area contributed by atoms with Crippen molar-refractivity contribution in [1.82, 2.24) is 14.8 Å². The number of rotatable bonds is 5. The zero-order valence-corrected chi connectivity index (χ0v) is 13.3. The topological polar surface area (TPSA) is 54.3 Å². The normalized spacial score (nSPS) is 18.3. The van der Waals surface area contributed by atoms with Crippen LogP contribution in [0.4, 0.5) is 0 Å². The Hall–Kier alpha value is -1.78. The van der Waals surface area contributed by atoms with Crippen LogP contribution in [0.3, 0.4) is 0 Å². The molecule has 21 heavy (non-hydrogen) atoms. The summed E-state index contributed by atoms with van der Waals surface area (Å²) in [6, 6.07) is 3.26. The molecule has 5 nitrogen and oxygen atoms in total. The monoisotopic (exact) mass is 291 g/mol. The van der Waals surface area contributed by atoms with Crippen LogP contribution < -0.4 is 5.32 Å². The van der Waals surface area contributed by atoms with Gasteiger partial charge in [0.05, 0.1) is 6.54 Å². The quantitative estimate of drug-likeness (QED) is 0.898. The number of carbonyl (C=O) groups excluding carboxylic acids is 2. The molecule has 0 bridgehead atoms. The maximum atomic E-state index is 12.6. The van der Waals surface area contributed by atoms with Crippen molar-refractivity contribution in [1.29, 1.82) is 0 Å². The highest BCUT2D eigenvalue weighted by Crippen LogP contribution is 2.20. The first-order valence-corrected chi connectivity index (χ1v) is 7.64. The fraction of sp³-hybridized carbons (Fsp3) is 0.625. The van der Waals surface area contributed by atoms with Crippen molar-refractivity contribution in [2.24, 2.45) is 11.8 Å². The first-order chi connectivity index (χ1) is 9.90. The van der Waals surface area contributed by atoms with Gasteiger partial charge in [0.1, 0.15) is 11.7 Å². The molecular weight excluding hydrogens is 266 g/mol. The fourth-order valence-electron chi connectivity index (χ4n) is 2.59. The van der Waals surface area contributed by atoms with Crippen LogP contribution in [0, 0.1) is 11.8 Å². The molecule has 5 heteroatoms. The van der Waals surface area contributed by atoms with Crippen LogP contribution in [-0.4, -0.2) is 40.4 Å². The number of hydrogen-bond acceptors (Lipinski definition) is 2. The maximum Gasteiger partial charge on any atom is 0.271 e. The molecule has 0 aromatic carbocycles. The lowest BCUT2D eigenvalue weighted by atomic mass is 10.1. The van der Waals surface area contributed by atoms with Crippen molar-refractivity contribution >= 4 is 11.8 Å². The lowest BCUT2D eigenvalue weighted by molar-refractivity contribution is -0.126. The summed E-state index contributed by atoms with van der Waals surface area (Å²) in [6.45, 7) is 10.0. The number of carbonyl (C=O) groups is 2. The largest absolute Gasteiger partial charge is 0.354 e. The molecule has 0 saturated heterocycles. The van der Waals surface area contributed by atoms with Crippen molar-refractivity contribution < 1.29 is 9.59 Å². The lowest BCUT2D eigenvalue weighted by Gasteiger charge is -2.36. The smallest absolute Gasteiger partial charge is 0.271 e. The summed E-state index contributed by atoms with van der Waals surface area (Å²) in [5.74, 6) is 0.617. The number of aromatic nitrogens is 1. The summed E-state index contributed by atoms with van der Waals surface area (Å²) in [5.41, 5.74) is 0.670. The standard InChI is InChI=1S/C16H25N3O2/c1-11(2)8-17-15(20)14-10-18-7-5-6-13(18)16(21)19(14)9-12(3)4/h5-7,11-12,14H,8-10H2,1-4H3,(H,17,20). The van der Waals surface area contributed by atoms with Crippen molar-refractivity contribution in [2.45, 2.75) is 40.3 Å². The molecule has 1 aromatic rings. The van der Waals surface area contributed by atoms with Crippen LogP contribution >= 0.6 is 0 Å². The summed E-state index contributed by atoms with van der Waals surface area (Å²) in [4.78, 5) is 26.8. The molecule has 2 amide bonds. The highest BCUT2D eigenvalue weighted by molar-refractivity contribution is 5.97. The highest BCUT2D eigenvalue weighted by atomic mass is 16.2. The molecule has 1 aliphatic heterocycles. The molecule has 1 aliphatic rings. The predicted octanol–water partition coefficient (Wildman–Crippen LogP) is 1.74. The van der Waals surface area contributed by atoms with Gasteiger partial charge in [-0.25, -0.2) is 0 Å². The van der Waals surface area contributed by atoms with E-state index in [9.17, 15) is 9.59 Å². The molecule has 1 aromatic heterocycles. The SMILES string of the molecule is CC(C)CNC(=O)C1Cn2cccc2C(=O)N1CC(C)C. The van der Waals surface area contributed by atoms with Crippen LogP contribution in [0.25, 0.3) is 0 Å². The Morgan fingerprint density at radius 2 is 2.05 bits per heavy atom. The molecular formula is C16H25N3O2. The Morgan fingerprint density at radius 1 is 1.33 bits per heavy atom. The van der Waals surface area contributed by atoms with Crippen molar-refractivity contribution in [2.75, 3.05) is 13.1 Å². The Morgan fingerprint density at radius 3 is 2.67 bits per heavy atom. The Balaban J connectivity index is 2.20. The minimum Gasteiger partial charge on any atom is -0.354 e. The van der Waals surface area contributed by atoms with Gasteiger partial charge in [-0.1, -0.05) is 27.7 Å². The number of fused-ring (bicyclic) bond motifs is 1. The minimum absolute atomic E-state index is 0.0513. The van der Waals surface area contributed by atoms with E-state index in [-0.39, 0.29) is 11.8 Å². The molecule has 2 rings (SSSR count). The number of nitrogens with zero attached hydrogens (tertiary/aromatic N) is 2. The number of nitrogens with one attached hydrogen (secondary N) is 1. The molecule has 0 saturated carbocycles. The van der Waals surface area contributed by atoms with Gasteiger partial charge in [-0.05, 0) is 24.0 Å². The van der Waals surface area contributed by atoms with Crippen LogP contribution in [0.2, 0.25) is 0 Å². The van der Waals surface area contributed by atoms with E-state index >= 15 is 0 Å². The van der Waals surface area contributed by atoms with Crippen molar-refractivity contribution in [3.63, 3.8) is 0 Å². The lowest BCUT2D eigenvalue weighted by Crippen LogP contribution is -2.56. The molecule has 0 fully saturated rings. The van der Waals surface area contributed by atoms with Crippen LogP contribution in [0.1, 0.15) is 38.2 Å². The van der Waals surface area contributed by atoms with Crippen LogP contribution in [0.5, 0.6) is 0 Å². The first kappa shape index (κ1) is 15.6. The summed E-state index contributed by atoms with van der Waals surface area (Å²) >= 11 is 0. The van der Waals surface area contributed by atoms with E-state index in [0.29, 0.717) is 37.2 Å². The third-order valence-electron chi connectivity index (χ3n) is 3.60. The highest BCUT2D eigenvalue weighted by Gasteiger charge is 2.36. The second-order valence-corrected chi connectivity index (χ2v) is 6.55. The van der Waals surface area contributed by atoms with Gasteiger partial charge in [0.2, 0.25) is 5.91 Å². The van der Waals surface area contributed by atoms with E-state index in [0.717, 1.165) is 0 Å². The van der Waals surface area contributed by atoms with Crippen molar-refractivity contribution in [3.8, 4) is 0 Å². The van der Waals surface area contributed by atoms with Gasteiger partial charge in [0, 0.05) is 19.3 Å². The molecule has 0 aliphatic carbocycles. The minimum atomic E-state index is -0.418. The van der Waals surface area contributed by atoms with Gasteiger partial charge in [-0.2, -0.15) is 0 Å². The second kappa shape index (κ2) is 6.33. The van der Waals surface area contributed by atoms with Crippen molar-refractivity contribution in [3.05, 3.63) is 24.0 Å².